The van der Waals surface area contributed by atoms with E-state index >= 15 is 0 Å². The zero-order chi connectivity index (χ0) is 12.4. The van der Waals surface area contributed by atoms with Crippen molar-refractivity contribution in [2.24, 2.45) is 5.92 Å². The number of likely N-dealkylation sites (tertiary alicyclic amines) is 1. The van der Waals surface area contributed by atoms with E-state index in [0.29, 0.717) is 6.54 Å². The third kappa shape index (κ3) is 2.42. The van der Waals surface area contributed by atoms with E-state index in [-0.39, 0.29) is 11.8 Å². The number of carboxylic acids is 1. The number of rotatable bonds is 3. The van der Waals surface area contributed by atoms with E-state index < -0.39 is 5.97 Å². The smallest absolute Gasteiger partial charge is 0.308 e. The second-order valence-corrected chi connectivity index (χ2v) is 4.55. The average Bonchev–Trinajstić information content (AvgIpc) is 2.72. The second kappa shape index (κ2) is 4.75. The van der Waals surface area contributed by atoms with Gasteiger partial charge in [-0.1, -0.05) is 12.1 Å². The molecule has 92 valence electrons. The van der Waals surface area contributed by atoms with Gasteiger partial charge in [0.15, 0.2) is 0 Å². The number of hydrogen-bond donors (Lipinski definition) is 1. The minimum Gasteiger partial charge on any atom is -0.497 e. The summed E-state index contributed by atoms with van der Waals surface area (Å²) in [7, 11) is 3.58. The fourth-order valence-corrected chi connectivity index (χ4v) is 2.44. The largest absolute Gasteiger partial charge is 0.497 e. The van der Waals surface area contributed by atoms with Gasteiger partial charge in [0.25, 0.3) is 0 Å². The highest BCUT2D eigenvalue weighted by Gasteiger charge is 2.36. The van der Waals surface area contributed by atoms with Crippen molar-refractivity contribution in [2.75, 3.05) is 27.2 Å². The number of ether oxygens (including phenoxy) is 1. The van der Waals surface area contributed by atoms with Crippen LogP contribution in [0, 0.1) is 5.92 Å². The van der Waals surface area contributed by atoms with Crippen LogP contribution in [-0.4, -0.2) is 43.2 Å². The molecule has 1 aromatic carbocycles. The van der Waals surface area contributed by atoms with Gasteiger partial charge in [0.2, 0.25) is 0 Å². The van der Waals surface area contributed by atoms with Crippen molar-refractivity contribution in [1.82, 2.24) is 4.90 Å². The third-order valence-corrected chi connectivity index (χ3v) is 3.36. The van der Waals surface area contributed by atoms with Crippen LogP contribution in [0.25, 0.3) is 0 Å². The molecule has 4 heteroatoms. The zero-order valence-electron chi connectivity index (χ0n) is 10.1. The van der Waals surface area contributed by atoms with Gasteiger partial charge in [-0.25, -0.2) is 0 Å². The first-order chi connectivity index (χ1) is 8.11. The number of carbonyl (C=O) groups is 1. The van der Waals surface area contributed by atoms with Crippen LogP contribution in [0.1, 0.15) is 11.5 Å². The normalized spacial score (nSPS) is 24.8. The van der Waals surface area contributed by atoms with Crippen molar-refractivity contribution >= 4 is 5.97 Å². The molecule has 1 fully saturated rings. The summed E-state index contributed by atoms with van der Waals surface area (Å²) < 4.78 is 5.10. The van der Waals surface area contributed by atoms with Crippen LogP contribution in [-0.2, 0) is 4.79 Å². The monoisotopic (exact) mass is 235 g/mol. The van der Waals surface area contributed by atoms with Crippen LogP contribution >= 0.6 is 0 Å². The number of methoxy groups -OCH3 is 1. The summed E-state index contributed by atoms with van der Waals surface area (Å²) in [5.74, 6) is -0.154. The Morgan fingerprint density at radius 3 is 2.53 bits per heavy atom. The maximum Gasteiger partial charge on any atom is 0.308 e. The first-order valence-electron chi connectivity index (χ1n) is 5.67. The van der Waals surface area contributed by atoms with Gasteiger partial charge in [0, 0.05) is 19.0 Å². The van der Waals surface area contributed by atoms with Gasteiger partial charge in [-0.2, -0.15) is 0 Å². The minimum atomic E-state index is -0.713. The Bertz CT molecular complexity index is 402. The van der Waals surface area contributed by atoms with Crippen LogP contribution < -0.4 is 4.74 Å². The van der Waals surface area contributed by atoms with Gasteiger partial charge in [0.1, 0.15) is 5.75 Å². The van der Waals surface area contributed by atoms with Crippen molar-refractivity contribution in [2.45, 2.75) is 5.92 Å². The molecule has 4 nitrogen and oxygen atoms in total. The molecule has 1 aliphatic rings. The Labute approximate surface area is 101 Å². The molecule has 0 radical (unpaired) electrons. The summed E-state index contributed by atoms with van der Waals surface area (Å²) >= 11 is 0. The first-order valence-corrected chi connectivity index (χ1v) is 5.67. The standard InChI is InChI=1S/C13H17NO3/c1-14-7-11(12(8-14)13(15)16)9-3-5-10(17-2)6-4-9/h3-6,11-12H,7-8H2,1-2H3,(H,15,16)/t11-,12-/m0/s1. The summed E-state index contributed by atoms with van der Waals surface area (Å²) in [5, 5.41) is 9.21. The summed E-state index contributed by atoms with van der Waals surface area (Å²) in [6, 6.07) is 7.68. The first kappa shape index (κ1) is 11.9. The number of nitrogens with zero attached hydrogens (tertiary/aromatic N) is 1. The summed E-state index contributed by atoms with van der Waals surface area (Å²) in [5.41, 5.74) is 1.07. The molecule has 1 heterocycles. The molecule has 0 bridgehead atoms. The Balaban J connectivity index is 2.22. The Hall–Kier alpha value is -1.55. The zero-order valence-corrected chi connectivity index (χ0v) is 10.1. The number of likely N-dealkylation sites (N-methyl/N-ethyl adjacent to an activating group) is 1. The van der Waals surface area contributed by atoms with Crippen LogP contribution in [0.4, 0.5) is 0 Å². The molecule has 0 saturated carbocycles. The highest BCUT2D eigenvalue weighted by atomic mass is 16.5. The van der Waals surface area contributed by atoms with Gasteiger partial charge < -0.3 is 14.7 Å². The number of hydrogen-bond acceptors (Lipinski definition) is 3. The number of carboxylic acid groups (broad SMARTS) is 1. The lowest BCUT2D eigenvalue weighted by atomic mass is 9.89. The third-order valence-electron chi connectivity index (χ3n) is 3.36. The van der Waals surface area contributed by atoms with Gasteiger partial charge >= 0.3 is 5.97 Å². The van der Waals surface area contributed by atoms with Crippen LogP contribution in [0.15, 0.2) is 24.3 Å². The molecule has 1 aromatic rings. The molecular formula is C13H17NO3. The van der Waals surface area contributed by atoms with Gasteiger partial charge in [-0.15, -0.1) is 0 Å². The van der Waals surface area contributed by atoms with Gasteiger partial charge in [-0.3, -0.25) is 4.79 Å². The van der Waals surface area contributed by atoms with E-state index in [9.17, 15) is 9.90 Å². The highest BCUT2D eigenvalue weighted by molar-refractivity contribution is 5.72. The summed E-state index contributed by atoms with van der Waals surface area (Å²) in [6.45, 7) is 1.41. The number of benzene rings is 1. The predicted octanol–water partition coefficient (Wildman–Crippen LogP) is 1.43. The second-order valence-electron chi connectivity index (χ2n) is 4.55. The summed E-state index contributed by atoms with van der Waals surface area (Å²) in [6.07, 6.45) is 0. The minimum absolute atomic E-state index is 0.0726. The Morgan fingerprint density at radius 2 is 2.00 bits per heavy atom. The van der Waals surface area contributed by atoms with Crippen molar-refractivity contribution in [3.8, 4) is 5.75 Å². The van der Waals surface area contributed by atoms with Crippen LogP contribution in [0.2, 0.25) is 0 Å². The van der Waals surface area contributed by atoms with E-state index in [2.05, 4.69) is 4.90 Å². The fourth-order valence-electron chi connectivity index (χ4n) is 2.44. The Kier molecular flexibility index (Phi) is 3.33. The molecule has 0 spiro atoms. The maximum atomic E-state index is 11.2. The number of aliphatic carboxylic acids is 1. The molecule has 2 rings (SSSR count). The van der Waals surface area contributed by atoms with E-state index in [1.807, 2.05) is 31.3 Å². The van der Waals surface area contributed by atoms with E-state index in [1.165, 1.54) is 0 Å². The molecule has 2 atom stereocenters. The SMILES string of the molecule is COc1ccc([C@@H]2CN(C)C[C@@H]2C(=O)O)cc1. The molecule has 1 N–H and O–H groups in total. The van der Waals surface area contributed by atoms with Gasteiger partial charge in [-0.05, 0) is 24.7 Å². The van der Waals surface area contributed by atoms with Gasteiger partial charge in [0.05, 0.1) is 13.0 Å². The molecule has 0 amide bonds. The molecule has 1 aliphatic heterocycles. The molecule has 0 aliphatic carbocycles. The molecule has 17 heavy (non-hydrogen) atoms. The predicted molar refractivity (Wildman–Crippen MR) is 64.4 cm³/mol. The lowest BCUT2D eigenvalue weighted by molar-refractivity contribution is -0.141. The maximum absolute atomic E-state index is 11.2. The van der Waals surface area contributed by atoms with Crippen molar-refractivity contribution in [3.05, 3.63) is 29.8 Å². The molecule has 1 saturated heterocycles. The quantitative estimate of drug-likeness (QED) is 0.861. The van der Waals surface area contributed by atoms with Crippen LogP contribution in [0.3, 0.4) is 0 Å². The fraction of sp³-hybridized carbons (Fsp3) is 0.462. The molecule has 0 aromatic heterocycles. The van der Waals surface area contributed by atoms with E-state index in [1.54, 1.807) is 7.11 Å². The highest BCUT2D eigenvalue weighted by Crippen LogP contribution is 2.32. The lowest BCUT2D eigenvalue weighted by Crippen LogP contribution is -2.21. The topological polar surface area (TPSA) is 49.8 Å². The molecular weight excluding hydrogens is 218 g/mol. The van der Waals surface area contributed by atoms with Crippen LogP contribution in [0.5, 0.6) is 5.75 Å². The van der Waals surface area contributed by atoms with Crippen molar-refractivity contribution in [1.29, 1.82) is 0 Å². The average molecular weight is 235 g/mol. The van der Waals surface area contributed by atoms with Crippen molar-refractivity contribution < 1.29 is 14.6 Å². The van der Waals surface area contributed by atoms with E-state index in [4.69, 9.17) is 4.74 Å². The van der Waals surface area contributed by atoms with E-state index in [0.717, 1.165) is 17.9 Å². The molecule has 0 unspecified atom stereocenters. The summed E-state index contributed by atoms with van der Waals surface area (Å²) in [4.78, 5) is 13.3. The lowest BCUT2D eigenvalue weighted by Gasteiger charge is -2.15. The Morgan fingerprint density at radius 1 is 1.35 bits per heavy atom. The van der Waals surface area contributed by atoms with Crippen molar-refractivity contribution in [3.63, 3.8) is 0 Å².